The highest BCUT2D eigenvalue weighted by molar-refractivity contribution is 5.74. The van der Waals surface area contributed by atoms with Crippen LogP contribution in [0.25, 0.3) is 0 Å². The van der Waals surface area contributed by atoms with E-state index in [1.54, 1.807) is 18.4 Å². The Hall–Kier alpha value is -2.43. The molecule has 1 atom stereocenters. The number of furan rings is 1. The number of aryl methyl sites for hydroxylation is 1. The number of hydrogen-bond donors (Lipinski definition) is 2. The summed E-state index contributed by atoms with van der Waals surface area (Å²) in [6, 6.07) is 11.3. The third-order valence-corrected chi connectivity index (χ3v) is 5.14. The number of likely N-dealkylation sites (tertiary alicyclic amines) is 1. The number of nitrogens with zero attached hydrogens (tertiary/aromatic N) is 1. The molecule has 5 nitrogen and oxygen atoms in total. The number of phenolic OH excluding ortho intramolecular Hbond substituents is 1. The number of aromatic hydroxyl groups is 1. The molecule has 2 amide bonds. The summed E-state index contributed by atoms with van der Waals surface area (Å²) < 4.78 is 5.34. The zero-order valence-electron chi connectivity index (χ0n) is 15.4. The Morgan fingerprint density at radius 3 is 2.65 bits per heavy atom. The minimum absolute atomic E-state index is 0.0287. The Morgan fingerprint density at radius 1 is 1.27 bits per heavy atom. The molecule has 1 saturated heterocycles. The molecule has 3 rings (SSSR count). The second-order valence-corrected chi connectivity index (χ2v) is 7.27. The van der Waals surface area contributed by atoms with E-state index >= 15 is 0 Å². The van der Waals surface area contributed by atoms with Gasteiger partial charge in [0.25, 0.3) is 0 Å². The fraction of sp³-hybridized carbons (Fsp3) is 0.476. The quantitative estimate of drug-likeness (QED) is 0.823. The van der Waals surface area contributed by atoms with Crippen molar-refractivity contribution < 1.29 is 14.3 Å². The summed E-state index contributed by atoms with van der Waals surface area (Å²) in [5.41, 5.74) is 1.26. The first-order chi connectivity index (χ1) is 12.6. The lowest BCUT2D eigenvalue weighted by atomic mass is 9.90. The number of phenols is 1. The second kappa shape index (κ2) is 8.79. The minimum Gasteiger partial charge on any atom is -0.508 e. The zero-order valence-corrected chi connectivity index (χ0v) is 15.4. The monoisotopic (exact) mass is 356 g/mol. The molecule has 0 aliphatic carbocycles. The highest BCUT2D eigenvalue weighted by atomic mass is 16.3. The van der Waals surface area contributed by atoms with Crippen LogP contribution in [0, 0.1) is 5.92 Å². The molecule has 0 bridgehead atoms. The van der Waals surface area contributed by atoms with Gasteiger partial charge in [0, 0.05) is 25.6 Å². The molecule has 1 fully saturated rings. The van der Waals surface area contributed by atoms with Gasteiger partial charge in [0.15, 0.2) is 0 Å². The number of amides is 2. The molecule has 2 heterocycles. The van der Waals surface area contributed by atoms with Crippen LogP contribution in [-0.2, 0) is 12.8 Å². The highest BCUT2D eigenvalue weighted by Gasteiger charge is 2.23. The lowest BCUT2D eigenvalue weighted by Gasteiger charge is -2.33. The summed E-state index contributed by atoms with van der Waals surface area (Å²) in [7, 11) is 0. The van der Waals surface area contributed by atoms with Crippen LogP contribution in [0.4, 0.5) is 4.79 Å². The van der Waals surface area contributed by atoms with Gasteiger partial charge in [-0.25, -0.2) is 4.79 Å². The number of urea groups is 1. The summed E-state index contributed by atoms with van der Waals surface area (Å²) in [5.74, 6) is 1.87. The molecule has 1 aliphatic rings. The Kier molecular flexibility index (Phi) is 6.21. The van der Waals surface area contributed by atoms with Crippen molar-refractivity contribution in [2.45, 2.75) is 45.1 Å². The van der Waals surface area contributed by atoms with E-state index in [0.717, 1.165) is 44.5 Å². The van der Waals surface area contributed by atoms with Crippen molar-refractivity contribution in [3.63, 3.8) is 0 Å². The van der Waals surface area contributed by atoms with Gasteiger partial charge in [-0.2, -0.15) is 0 Å². The van der Waals surface area contributed by atoms with Gasteiger partial charge in [0.1, 0.15) is 11.5 Å². The minimum atomic E-state index is 0.0287. The van der Waals surface area contributed by atoms with Gasteiger partial charge < -0.3 is 19.7 Å². The largest absolute Gasteiger partial charge is 0.508 e. The molecular weight excluding hydrogens is 328 g/mol. The smallest absolute Gasteiger partial charge is 0.317 e. The van der Waals surface area contributed by atoms with Crippen LogP contribution >= 0.6 is 0 Å². The summed E-state index contributed by atoms with van der Waals surface area (Å²) in [6.07, 6.45) is 6.64. The van der Waals surface area contributed by atoms with Crippen LogP contribution in [0.3, 0.4) is 0 Å². The molecule has 1 unspecified atom stereocenters. The molecule has 5 heteroatoms. The number of hydrogen-bond acceptors (Lipinski definition) is 3. The van der Waals surface area contributed by atoms with Crippen molar-refractivity contribution in [2.24, 2.45) is 5.92 Å². The van der Waals surface area contributed by atoms with E-state index in [-0.39, 0.29) is 12.1 Å². The average Bonchev–Trinajstić information content (AvgIpc) is 3.14. The van der Waals surface area contributed by atoms with E-state index in [1.165, 1.54) is 5.56 Å². The third kappa shape index (κ3) is 5.28. The van der Waals surface area contributed by atoms with E-state index in [0.29, 0.717) is 18.1 Å². The van der Waals surface area contributed by atoms with E-state index in [1.807, 2.05) is 36.1 Å². The predicted molar refractivity (Wildman–Crippen MR) is 101 cm³/mol. The van der Waals surface area contributed by atoms with Crippen molar-refractivity contribution in [2.75, 3.05) is 13.1 Å². The Labute approximate surface area is 155 Å². The van der Waals surface area contributed by atoms with E-state index in [4.69, 9.17) is 4.42 Å². The summed E-state index contributed by atoms with van der Waals surface area (Å²) >= 11 is 0. The van der Waals surface area contributed by atoms with Crippen molar-refractivity contribution in [1.82, 2.24) is 10.2 Å². The maximum absolute atomic E-state index is 12.4. The van der Waals surface area contributed by atoms with Gasteiger partial charge in [-0.05, 0) is 68.4 Å². The summed E-state index contributed by atoms with van der Waals surface area (Å²) in [6.45, 7) is 3.64. The number of carbonyl (C=O) groups excluding carboxylic acids is 1. The topological polar surface area (TPSA) is 65.7 Å². The molecule has 140 valence electrons. The standard InChI is InChI=1S/C21H28N2O3/c1-16(15-20-3-2-14-26-20)22-21(25)23-12-10-18(11-13-23)5-4-17-6-8-19(24)9-7-17/h2-3,6-9,14,16,18,24H,4-5,10-13,15H2,1H3,(H,22,25). The van der Waals surface area contributed by atoms with Crippen LogP contribution in [0.5, 0.6) is 5.75 Å². The third-order valence-electron chi connectivity index (χ3n) is 5.14. The molecule has 0 spiro atoms. The second-order valence-electron chi connectivity index (χ2n) is 7.27. The SMILES string of the molecule is CC(Cc1ccco1)NC(=O)N1CCC(CCc2ccc(O)cc2)CC1. The van der Waals surface area contributed by atoms with Gasteiger partial charge in [-0.15, -0.1) is 0 Å². The number of nitrogens with one attached hydrogen (secondary N) is 1. The van der Waals surface area contributed by atoms with Gasteiger partial charge in [0.2, 0.25) is 0 Å². The number of carbonyl (C=O) groups is 1. The zero-order chi connectivity index (χ0) is 18.4. The van der Waals surface area contributed by atoms with E-state index < -0.39 is 0 Å². The first-order valence-corrected chi connectivity index (χ1v) is 9.46. The Bertz CT molecular complexity index is 674. The fourth-order valence-corrected chi connectivity index (χ4v) is 3.54. The van der Waals surface area contributed by atoms with Gasteiger partial charge in [0.05, 0.1) is 6.26 Å². The lowest BCUT2D eigenvalue weighted by molar-refractivity contribution is 0.165. The van der Waals surface area contributed by atoms with Gasteiger partial charge in [-0.1, -0.05) is 12.1 Å². The highest BCUT2D eigenvalue weighted by Crippen LogP contribution is 2.23. The van der Waals surface area contributed by atoms with Gasteiger partial charge >= 0.3 is 6.03 Å². The van der Waals surface area contributed by atoms with E-state index in [2.05, 4.69) is 5.32 Å². The number of piperidine rings is 1. The molecular formula is C21H28N2O3. The fourth-order valence-electron chi connectivity index (χ4n) is 3.54. The molecule has 2 aromatic rings. The first-order valence-electron chi connectivity index (χ1n) is 9.46. The van der Waals surface area contributed by atoms with Crippen LogP contribution in [-0.4, -0.2) is 35.2 Å². The lowest BCUT2D eigenvalue weighted by Crippen LogP contribution is -2.47. The molecule has 1 aromatic carbocycles. The van der Waals surface area contributed by atoms with Crippen molar-refractivity contribution >= 4 is 6.03 Å². The van der Waals surface area contributed by atoms with Crippen molar-refractivity contribution in [1.29, 1.82) is 0 Å². The molecule has 0 saturated carbocycles. The molecule has 2 N–H and O–H groups in total. The molecule has 26 heavy (non-hydrogen) atoms. The summed E-state index contributed by atoms with van der Waals surface area (Å²) in [5, 5.41) is 12.4. The first kappa shape index (κ1) is 18.4. The van der Waals surface area contributed by atoms with Gasteiger partial charge in [-0.3, -0.25) is 0 Å². The Balaban J connectivity index is 1.37. The Morgan fingerprint density at radius 2 is 2.00 bits per heavy atom. The van der Waals surface area contributed by atoms with Crippen molar-refractivity contribution in [3.05, 3.63) is 54.0 Å². The average molecular weight is 356 g/mol. The van der Waals surface area contributed by atoms with E-state index in [9.17, 15) is 9.90 Å². The van der Waals surface area contributed by atoms with Crippen LogP contribution in [0.1, 0.15) is 37.5 Å². The maximum atomic E-state index is 12.4. The van der Waals surface area contributed by atoms with Crippen molar-refractivity contribution in [3.8, 4) is 5.75 Å². The predicted octanol–water partition coefficient (Wildman–Crippen LogP) is 3.97. The number of rotatable bonds is 6. The molecule has 1 aromatic heterocycles. The maximum Gasteiger partial charge on any atom is 0.317 e. The summed E-state index contributed by atoms with van der Waals surface area (Å²) in [4.78, 5) is 14.3. The van der Waals surface area contributed by atoms with Crippen LogP contribution in [0.15, 0.2) is 47.1 Å². The molecule has 1 aliphatic heterocycles. The normalized spacial score (nSPS) is 16.4. The number of benzene rings is 1. The van der Waals surface area contributed by atoms with Crippen LogP contribution < -0.4 is 5.32 Å². The van der Waals surface area contributed by atoms with Crippen LogP contribution in [0.2, 0.25) is 0 Å². The molecule has 0 radical (unpaired) electrons.